The molecule has 2 aromatic heterocycles. The van der Waals surface area contributed by atoms with Crippen LogP contribution < -0.4 is 24.3 Å². The molecule has 0 aromatic carbocycles. The van der Waals surface area contributed by atoms with Crippen molar-refractivity contribution in [2.45, 2.75) is 71.1 Å². The maximum atomic E-state index is 9.47. The van der Waals surface area contributed by atoms with Gasteiger partial charge in [0.1, 0.15) is 29.8 Å². The van der Waals surface area contributed by atoms with E-state index in [4.69, 9.17) is 26.3 Å². The van der Waals surface area contributed by atoms with Crippen LogP contribution in [-0.4, -0.2) is 84.1 Å². The molecule has 0 bridgehead atoms. The van der Waals surface area contributed by atoms with Gasteiger partial charge in [-0.05, 0) is 52.9 Å². The lowest BCUT2D eigenvalue weighted by Gasteiger charge is -2.42. The molecule has 10 heteroatoms. The van der Waals surface area contributed by atoms with Gasteiger partial charge in [-0.25, -0.2) is 4.98 Å². The quantitative estimate of drug-likeness (QED) is 0.572. The smallest absolute Gasteiger partial charge is 0.229 e. The number of pyridine rings is 1. The number of nitrogens with zero attached hydrogens (tertiary/aromatic N) is 7. The number of piperazine rings is 1. The van der Waals surface area contributed by atoms with Crippen molar-refractivity contribution in [1.29, 1.82) is 0 Å². The molecule has 9 nitrogen and oxygen atoms in total. The lowest BCUT2D eigenvalue weighted by molar-refractivity contribution is 0.122. The molecular weight excluding hydrogens is 490 g/mol. The summed E-state index contributed by atoms with van der Waals surface area (Å²) in [6.45, 7) is 12.0. The Hall–Kier alpha value is -2.52. The van der Waals surface area contributed by atoms with Crippen molar-refractivity contribution in [1.82, 2.24) is 15.0 Å². The number of ether oxygens (including phenoxy) is 1. The van der Waals surface area contributed by atoms with Crippen molar-refractivity contribution >= 4 is 35.0 Å². The number of halogens is 1. The van der Waals surface area contributed by atoms with Gasteiger partial charge >= 0.3 is 0 Å². The zero-order valence-corrected chi connectivity index (χ0v) is 23.1. The van der Waals surface area contributed by atoms with Crippen LogP contribution in [0.4, 0.5) is 23.4 Å². The van der Waals surface area contributed by atoms with Gasteiger partial charge in [0.05, 0.1) is 17.3 Å². The number of rotatable bonds is 7. The maximum Gasteiger partial charge on any atom is 0.229 e. The van der Waals surface area contributed by atoms with Gasteiger partial charge in [-0.2, -0.15) is 9.97 Å². The molecule has 3 fully saturated rings. The third-order valence-electron chi connectivity index (χ3n) is 7.69. The van der Waals surface area contributed by atoms with Gasteiger partial charge < -0.3 is 29.4 Å². The lowest BCUT2D eigenvalue weighted by atomic mass is 10.1. The van der Waals surface area contributed by atoms with Crippen LogP contribution in [0.2, 0.25) is 5.02 Å². The highest BCUT2D eigenvalue weighted by atomic mass is 35.5. The molecule has 0 radical (unpaired) electrons. The Morgan fingerprint density at radius 3 is 2.41 bits per heavy atom. The predicted octanol–water partition coefficient (Wildman–Crippen LogP) is 3.98. The molecule has 3 atom stereocenters. The standard InChI is InChI=1S/C27H40ClN7O2/c1-19-8-7-11-35(19)27-30-24(32-9-5-4-6-10-32)15-25(31-27)34-13-12-33(17-20(34)2)26-23(28)14-22(16-29-26)37-18-21(3)36/h14-16,19-21,36H,4-13,17-18H2,1-3H3. The second-order valence-corrected chi connectivity index (χ2v) is 11.1. The van der Waals surface area contributed by atoms with Crippen molar-refractivity contribution in [2.24, 2.45) is 0 Å². The highest BCUT2D eigenvalue weighted by Crippen LogP contribution is 2.33. The molecule has 2 aromatic rings. The number of piperidine rings is 1. The summed E-state index contributed by atoms with van der Waals surface area (Å²) in [4.78, 5) is 24.2. The molecule has 3 aliphatic heterocycles. The number of aromatic nitrogens is 3. The molecule has 37 heavy (non-hydrogen) atoms. The second kappa shape index (κ2) is 11.5. The molecule has 202 valence electrons. The van der Waals surface area contributed by atoms with Crippen LogP contribution in [0.15, 0.2) is 18.3 Å². The lowest BCUT2D eigenvalue weighted by Crippen LogP contribution is -2.53. The molecule has 3 unspecified atom stereocenters. The van der Waals surface area contributed by atoms with Crippen LogP contribution >= 0.6 is 11.6 Å². The van der Waals surface area contributed by atoms with E-state index >= 15 is 0 Å². The van der Waals surface area contributed by atoms with Gasteiger partial charge in [-0.15, -0.1) is 0 Å². The van der Waals surface area contributed by atoms with Crippen LogP contribution in [-0.2, 0) is 0 Å². The van der Waals surface area contributed by atoms with E-state index in [9.17, 15) is 5.11 Å². The summed E-state index contributed by atoms with van der Waals surface area (Å²) < 4.78 is 5.56. The number of hydrogen-bond acceptors (Lipinski definition) is 9. The van der Waals surface area contributed by atoms with E-state index in [0.717, 1.165) is 62.7 Å². The zero-order chi connectivity index (χ0) is 25.9. The highest BCUT2D eigenvalue weighted by Gasteiger charge is 2.30. The predicted molar refractivity (Wildman–Crippen MR) is 150 cm³/mol. The van der Waals surface area contributed by atoms with E-state index < -0.39 is 6.10 Å². The van der Waals surface area contributed by atoms with Gasteiger partial charge in [-0.3, -0.25) is 0 Å². The summed E-state index contributed by atoms with van der Waals surface area (Å²) in [7, 11) is 0. The van der Waals surface area contributed by atoms with Gasteiger partial charge in [0.2, 0.25) is 5.95 Å². The third kappa shape index (κ3) is 5.98. The first-order chi connectivity index (χ1) is 17.9. The van der Waals surface area contributed by atoms with E-state index in [1.807, 2.05) is 0 Å². The van der Waals surface area contributed by atoms with Crippen molar-refractivity contribution in [3.63, 3.8) is 0 Å². The normalized spacial score (nSPS) is 23.5. The SMILES string of the molecule is CC(O)COc1cnc(N2CCN(c3cc(N4CCCCC4)nc(N4CCCC4C)n3)C(C)C2)c(Cl)c1. The minimum Gasteiger partial charge on any atom is -0.489 e. The van der Waals surface area contributed by atoms with Crippen LogP contribution in [0.1, 0.15) is 52.9 Å². The van der Waals surface area contributed by atoms with Gasteiger partial charge in [-0.1, -0.05) is 11.6 Å². The topological polar surface area (TPSA) is 81.1 Å². The second-order valence-electron chi connectivity index (χ2n) is 10.7. The average Bonchev–Trinajstić information content (AvgIpc) is 3.33. The summed E-state index contributed by atoms with van der Waals surface area (Å²) in [5.74, 6) is 4.27. The van der Waals surface area contributed by atoms with E-state index in [0.29, 0.717) is 16.8 Å². The Balaban J connectivity index is 1.34. The molecule has 3 saturated heterocycles. The highest BCUT2D eigenvalue weighted by molar-refractivity contribution is 6.33. The fraction of sp³-hybridized carbons (Fsp3) is 0.667. The van der Waals surface area contributed by atoms with Crippen LogP contribution in [0.3, 0.4) is 0 Å². The summed E-state index contributed by atoms with van der Waals surface area (Å²) in [6.07, 6.45) is 7.27. The molecule has 5 heterocycles. The van der Waals surface area contributed by atoms with Crippen LogP contribution in [0.25, 0.3) is 0 Å². The Morgan fingerprint density at radius 2 is 1.73 bits per heavy atom. The molecule has 3 aliphatic rings. The summed E-state index contributed by atoms with van der Waals surface area (Å²) in [5, 5.41) is 10.0. The Labute approximate surface area is 225 Å². The van der Waals surface area contributed by atoms with Gasteiger partial charge in [0.25, 0.3) is 0 Å². The first kappa shape index (κ1) is 26.1. The molecule has 0 saturated carbocycles. The Kier molecular flexibility index (Phi) is 8.09. The third-order valence-corrected chi connectivity index (χ3v) is 7.96. The van der Waals surface area contributed by atoms with Crippen LogP contribution in [0.5, 0.6) is 5.75 Å². The fourth-order valence-electron chi connectivity index (χ4n) is 5.63. The van der Waals surface area contributed by atoms with Crippen molar-refractivity contribution in [3.05, 3.63) is 23.4 Å². The summed E-state index contributed by atoms with van der Waals surface area (Å²) >= 11 is 6.60. The molecule has 0 spiro atoms. The summed E-state index contributed by atoms with van der Waals surface area (Å²) in [5.41, 5.74) is 0. The zero-order valence-electron chi connectivity index (χ0n) is 22.3. The first-order valence-corrected chi connectivity index (χ1v) is 14.2. The van der Waals surface area contributed by atoms with Crippen LogP contribution in [0, 0.1) is 0 Å². The fourth-order valence-corrected chi connectivity index (χ4v) is 5.91. The van der Waals surface area contributed by atoms with Gasteiger partial charge in [0, 0.05) is 63.5 Å². The Bertz CT molecular complexity index is 1070. The van der Waals surface area contributed by atoms with Crippen molar-refractivity contribution in [2.75, 3.05) is 65.5 Å². The van der Waals surface area contributed by atoms with E-state index in [1.165, 1.54) is 32.1 Å². The molecule has 0 amide bonds. The van der Waals surface area contributed by atoms with E-state index in [1.54, 1.807) is 19.2 Å². The minimum atomic E-state index is -0.543. The molecule has 5 rings (SSSR count). The first-order valence-electron chi connectivity index (χ1n) is 13.8. The minimum absolute atomic E-state index is 0.212. The van der Waals surface area contributed by atoms with Crippen molar-refractivity contribution in [3.8, 4) is 5.75 Å². The molecular formula is C27H40ClN7O2. The van der Waals surface area contributed by atoms with Gasteiger partial charge in [0.15, 0.2) is 0 Å². The van der Waals surface area contributed by atoms with E-state index in [2.05, 4.69) is 44.5 Å². The number of hydrogen-bond donors (Lipinski definition) is 1. The average molecular weight is 530 g/mol. The largest absolute Gasteiger partial charge is 0.489 e. The summed E-state index contributed by atoms with van der Waals surface area (Å²) in [6, 6.07) is 4.67. The number of aliphatic hydroxyl groups excluding tert-OH is 1. The van der Waals surface area contributed by atoms with Crippen molar-refractivity contribution < 1.29 is 9.84 Å². The Morgan fingerprint density at radius 1 is 0.946 bits per heavy atom. The van der Waals surface area contributed by atoms with E-state index in [-0.39, 0.29) is 12.6 Å². The number of aliphatic hydroxyl groups is 1. The molecule has 1 N–H and O–H groups in total. The maximum absolute atomic E-state index is 9.47. The number of anilines is 4. The monoisotopic (exact) mass is 529 g/mol. The molecule has 0 aliphatic carbocycles.